The zero-order chi connectivity index (χ0) is 17.5. The highest BCUT2D eigenvalue weighted by Gasteiger charge is 2.10. The number of nitrogens with one attached hydrogen (secondary N) is 2. The Balaban J connectivity index is 1.76. The molecule has 0 saturated carbocycles. The van der Waals surface area contributed by atoms with Crippen LogP contribution in [0.5, 0.6) is 0 Å². The molecule has 0 aliphatic carbocycles. The van der Waals surface area contributed by atoms with Gasteiger partial charge >= 0.3 is 0 Å². The predicted molar refractivity (Wildman–Crippen MR) is 95.5 cm³/mol. The Labute approximate surface area is 151 Å². The number of carbonyl (C=O) groups is 2. The minimum atomic E-state index is -0.734. The van der Waals surface area contributed by atoms with Crippen molar-refractivity contribution in [1.82, 2.24) is 5.32 Å². The summed E-state index contributed by atoms with van der Waals surface area (Å²) in [5.74, 6) is -2.10. The van der Waals surface area contributed by atoms with E-state index in [9.17, 15) is 18.4 Å². The van der Waals surface area contributed by atoms with Crippen LogP contribution in [0.1, 0.15) is 12.0 Å². The van der Waals surface area contributed by atoms with E-state index in [1.807, 2.05) is 30.3 Å². The van der Waals surface area contributed by atoms with Gasteiger partial charge in [0.25, 0.3) is 0 Å². The van der Waals surface area contributed by atoms with Crippen LogP contribution in [0.4, 0.5) is 14.5 Å². The van der Waals surface area contributed by atoms with Crippen LogP contribution >= 0.6 is 22.6 Å². The van der Waals surface area contributed by atoms with Crippen molar-refractivity contribution in [2.45, 2.75) is 12.8 Å². The lowest BCUT2D eigenvalue weighted by Crippen LogP contribution is -2.28. The van der Waals surface area contributed by atoms with Gasteiger partial charge in [0.05, 0.1) is 9.99 Å². The number of carbonyl (C=O) groups excluding carboxylic acids is 2. The Morgan fingerprint density at radius 2 is 1.62 bits per heavy atom. The minimum absolute atomic E-state index is 0.00968. The second kappa shape index (κ2) is 8.72. The van der Waals surface area contributed by atoms with Crippen LogP contribution in [-0.2, 0) is 16.0 Å². The molecule has 0 saturated heterocycles. The third kappa shape index (κ3) is 5.55. The molecule has 0 radical (unpaired) electrons. The molecule has 0 aliphatic heterocycles. The Kier molecular flexibility index (Phi) is 6.65. The highest BCUT2D eigenvalue weighted by molar-refractivity contribution is 14.1. The summed E-state index contributed by atoms with van der Waals surface area (Å²) in [6, 6.07) is 11.3. The van der Waals surface area contributed by atoms with Gasteiger partial charge in [0.2, 0.25) is 11.8 Å². The first-order chi connectivity index (χ1) is 11.5. The van der Waals surface area contributed by atoms with Crippen molar-refractivity contribution < 1.29 is 18.4 Å². The molecule has 7 heteroatoms. The molecule has 2 aromatic rings. The van der Waals surface area contributed by atoms with Crippen molar-refractivity contribution in [3.05, 3.63) is 63.2 Å². The first kappa shape index (κ1) is 18.3. The molecule has 0 unspecified atom stereocenters. The Morgan fingerprint density at radius 1 is 1.00 bits per heavy atom. The summed E-state index contributed by atoms with van der Waals surface area (Å²) in [5.41, 5.74) is 0.926. The summed E-state index contributed by atoms with van der Waals surface area (Å²) in [7, 11) is 0. The van der Waals surface area contributed by atoms with Gasteiger partial charge in [-0.15, -0.1) is 0 Å². The van der Waals surface area contributed by atoms with E-state index in [0.717, 1.165) is 17.7 Å². The molecule has 2 rings (SSSR count). The van der Waals surface area contributed by atoms with Crippen LogP contribution in [0.15, 0.2) is 42.5 Å². The van der Waals surface area contributed by atoms with E-state index in [1.165, 1.54) is 0 Å². The maximum atomic E-state index is 13.4. The van der Waals surface area contributed by atoms with E-state index in [0.29, 0.717) is 0 Å². The fourth-order valence-corrected chi connectivity index (χ4v) is 2.32. The first-order valence-corrected chi connectivity index (χ1v) is 8.28. The van der Waals surface area contributed by atoms with Crippen molar-refractivity contribution in [1.29, 1.82) is 0 Å². The van der Waals surface area contributed by atoms with Crippen molar-refractivity contribution in [2.24, 2.45) is 0 Å². The van der Waals surface area contributed by atoms with Gasteiger partial charge in [-0.25, -0.2) is 8.78 Å². The molecule has 0 aromatic heterocycles. The Hall–Kier alpha value is -2.03. The normalized spacial score (nSPS) is 10.3. The van der Waals surface area contributed by atoms with Crippen LogP contribution in [0.2, 0.25) is 0 Å². The Bertz CT molecular complexity index is 716. The highest BCUT2D eigenvalue weighted by Crippen LogP contribution is 2.20. The van der Waals surface area contributed by atoms with Crippen LogP contribution in [0.3, 0.4) is 0 Å². The summed E-state index contributed by atoms with van der Waals surface area (Å²) < 4.78 is 26.7. The van der Waals surface area contributed by atoms with Crippen LogP contribution in [-0.4, -0.2) is 18.4 Å². The van der Waals surface area contributed by atoms with Crippen molar-refractivity contribution in [3.63, 3.8) is 0 Å². The molecule has 126 valence electrons. The van der Waals surface area contributed by atoms with E-state index in [4.69, 9.17) is 0 Å². The van der Waals surface area contributed by atoms with Gasteiger partial charge in [-0.05, 0) is 40.3 Å². The topological polar surface area (TPSA) is 58.2 Å². The molecule has 0 aliphatic rings. The fraction of sp³-hybridized carbons (Fsp3) is 0.176. The summed E-state index contributed by atoms with van der Waals surface area (Å²) >= 11 is 1.55. The maximum absolute atomic E-state index is 13.4. The van der Waals surface area contributed by atoms with E-state index in [1.54, 1.807) is 22.6 Å². The summed E-state index contributed by atoms with van der Waals surface area (Å²) in [6.45, 7) is 0.146. The molecule has 0 atom stereocenters. The number of anilines is 1. The third-order valence-corrected chi connectivity index (χ3v) is 4.18. The van der Waals surface area contributed by atoms with Crippen molar-refractivity contribution in [2.75, 3.05) is 11.9 Å². The molecule has 0 bridgehead atoms. The van der Waals surface area contributed by atoms with Crippen molar-refractivity contribution in [3.8, 4) is 0 Å². The lowest BCUT2D eigenvalue weighted by atomic mass is 10.1. The second-order valence-electron chi connectivity index (χ2n) is 5.06. The smallest absolute Gasteiger partial charge is 0.226 e. The highest BCUT2D eigenvalue weighted by atomic mass is 127. The van der Waals surface area contributed by atoms with E-state index >= 15 is 0 Å². The SMILES string of the molecule is O=C(Cc1ccccc1)NCCC(=O)Nc1cc(F)c(I)c(F)c1. The number of amides is 2. The summed E-state index contributed by atoms with van der Waals surface area (Å²) in [6.07, 6.45) is 0.242. The lowest BCUT2D eigenvalue weighted by molar-refractivity contribution is -0.120. The largest absolute Gasteiger partial charge is 0.355 e. The van der Waals surface area contributed by atoms with Gasteiger partial charge in [0, 0.05) is 18.7 Å². The molecule has 0 heterocycles. The van der Waals surface area contributed by atoms with Gasteiger partial charge in [0.1, 0.15) is 11.6 Å². The standard InChI is InChI=1S/C17H15F2IN2O2/c18-13-9-12(10-14(19)17(13)20)22-15(23)6-7-21-16(24)8-11-4-2-1-3-5-11/h1-5,9-10H,6-8H2,(H,21,24)(H,22,23). The van der Waals surface area contributed by atoms with Crippen LogP contribution < -0.4 is 10.6 Å². The quantitative estimate of drug-likeness (QED) is 0.531. The fourth-order valence-electron chi connectivity index (χ4n) is 2.01. The number of halogens is 3. The molecule has 0 spiro atoms. The molecule has 2 amide bonds. The predicted octanol–water partition coefficient (Wildman–Crippen LogP) is 3.26. The first-order valence-electron chi connectivity index (χ1n) is 7.20. The average molecular weight is 444 g/mol. The maximum Gasteiger partial charge on any atom is 0.226 e. The summed E-state index contributed by atoms with van der Waals surface area (Å²) in [4.78, 5) is 23.5. The monoisotopic (exact) mass is 444 g/mol. The van der Waals surface area contributed by atoms with E-state index in [2.05, 4.69) is 10.6 Å². The van der Waals surface area contributed by atoms with Gasteiger partial charge in [-0.3, -0.25) is 9.59 Å². The van der Waals surface area contributed by atoms with E-state index < -0.39 is 17.5 Å². The average Bonchev–Trinajstić information content (AvgIpc) is 2.53. The second-order valence-corrected chi connectivity index (χ2v) is 6.14. The van der Waals surface area contributed by atoms with Crippen molar-refractivity contribution >= 4 is 40.1 Å². The number of benzene rings is 2. The third-order valence-electron chi connectivity index (χ3n) is 3.15. The molecular formula is C17H15F2IN2O2. The van der Waals surface area contributed by atoms with Crippen LogP contribution in [0, 0.1) is 15.2 Å². The number of rotatable bonds is 6. The molecule has 2 N–H and O–H groups in total. The van der Waals surface area contributed by atoms with Gasteiger partial charge in [-0.2, -0.15) is 0 Å². The zero-order valence-corrected chi connectivity index (χ0v) is 14.8. The van der Waals surface area contributed by atoms with Gasteiger partial charge in [-0.1, -0.05) is 30.3 Å². The molecule has 4 nitrogen and oxygen atoms in total. The zero-order valence-electron chi connectivity index (χ0n) is 12.6. The van der Waals surface area contributed by atoms with Crippen LogP contribution in [0.25, 0.3) is 0 Å². The lowest BCUT2D eigenvalue weighted by Gasteiger charge is -2.08. The summed E-state index contributed by atoms with van der Waals surface area (Å²) in [5, 5.41) is 5.03. The van der Waals surface area contributed by atoms with Gasteiger partial charge in [0.15, 0.2) is 0 Å². The van der Waals surface area contributed by atoms with E-state index in [-0.39, 0.29) is 34.6 Å². The molecule has 2 aromatic carbocycles. The number of hydrogen-bond acceptors (Lipinski definition) is 2. The molecular weight excluding hydrogens is 429 g/mol. The Morgan fingerprint density at radius 3 is 2.25 bits per heavy atom. The minimum Gasteiger partial charge on any atom is -0.355 e. The number of hydrogen-bond donors (Lipinski definition) is 2. The molecule has 0 fully saturated rings. The molecule has 24 heavy (non-hydrogen) atoms. The van der Waals surface area contributed by atoms with Gasteiger partial charge < -0.3 is 10.6 Å².